The third-order valence-corrected chi connectivity index (χ3v) is 3.04. The lowest BCUT2D eigenvalue weighted by molar-refractivity contribution is 0.109. The molecule has 6 heteroatoms. The lowest BCUT2D eigenvalue weighted by atomic mass is 10.3. The van der Waals surface area contributed by atoms with Gasteiger partial charge in [-0.25, -0.2) is 9.97 Å². The van der Waals surface area contributed by atoms with Crippen molar-refractivity contribution < 1.29 is 9.47 Å². The highest BCUT2D eigenvalue weighted by Gasteiger charge is 2.09. The maximum atomic E-state index is 5.15. The maximum absolute atomic E-state index is 5.15. The van der Waals surface area contributed by atoms with Crippen LogP contribution in [0.1, 0.15) is 24.9 Å². The molecule has 1 heterocycles. The van der Waals surface area contributed by atoms with E-state index < -0.39 is 0 Å². The molecule has 0 aliphatic rings. The van der Waals surface area contributed by atoms with Gasteiger partial charge in [0.2, 0.25) is 0 Å². The van der Waals surface area contributed by atoms with Crippen LogP contribution in [0.3, 0.4) is 0 Å². The van der Waals surface area contributed by atoms with Crippen LogP contribution in [-0.2, 0) is 16.0 Å². The predicted octanol–water partition coefficient (Wildman–Crippen LogP) is 1.70. The number of methoxy groups -OCH3 is 2. The van der Waals surface area contributed by atoms with E-state index in [1.807, 2.05) is 13.0 Å². The van der Waals surface area contributed by atoms with E-state index in [9.17, 15) is 0 Å². The maximum Gasteiger partial charge on any atom is 0.144 e. The Bertz CT molecular complexity index is 393. The minimum atomic E-state index is 0.691. The number of nitrogens with one attached hydrogen (secondary N) is 1. The van der Waals surface area contributed by atoms with E-state index in [2.05, 4.69) is 27.1 Å². The summed E-state index contributed by atoms with van der Waals surface area (Å²) in [6.07, 6.45) is 1.08. The number of aryl methyl sites for hydroxylation is 1. The van der Waals surface area contributed by atoms with Gasteiger partial charge in [0, 0.05) is 45.6 Å². The first-order valence-corrected chi connectivity index (χ1v) is 7.48. The molecule has 0 radical (unpaired) electrons. The average molecular weight is 296 g/mol. The zero-order valence-electron chi connectivity index (χ0n) is 13.7. The van der Waals surface area contributed by atoms with E-state index in [1.54, 1.807) is 14.2 Å². The van der Waals surface area contributed by atoms with Gasteiger partial charge in [0.25, 0.3) is 0 Å². The van der Waals surface area contributed by atoms with Gasteiger partial charge >= 0.3 is 0 Å². The van der Waals surface area contributed by atoms with Crippen molar-refractivity contribution in [3.05, 3.63) is 17.6 Å². The molecule has 0 aliphatic carbocycles. The minimum Gasteiger partial charge on any atom is -0.383 e. The first kappa shape index (κ1) is 17.8. The molecule has 1 aromatic heterocycles. The zero-order chi connectivity index (χ0) is 15.5. The quantitative estimate of drug-likeness (QED) is 0.671. The number of hydrogen-bond donors (Lipinski definition) is 1. The highest BCUT2D eigenvalue weighted by atomic mass is 16.5. The number of anilines is 1. The zero-order valence-corrected chi connectivity index (χ0v) is 13.7. The molecule has 0 aromatic carbocycles. The Kier molecular flexibility index (Phi) is 8.89. The van der Waals surface area contributed by atoms with Crippen molar-refractivity contribution in [3.63, 3.8) is 0 Å². The predicted molar refractivity (Wildman–Crippen MR) is 84.6 cm³/mol. The van der Waals surface area contributed by atoms with Crippen LogP contribution in [0.4, 0.5) is 5.82 Å². The number of rotatable bonds is 11. The molecular formula is C15H28N4O2. The second-order valence-electron chi connectivity index (χ2n) is 5.00. The molecule has 0 aliphatic heterocycles. The Morgan fingerprint density at radius 1 is 1.14 bits per heavy atom. The number of ether oxygens (including phenoxy) is 2. The second-order valence-corrected chi connectivity index (χ2v) is 5.00. The topological polar surface area (TPSA) is 59.5 Å². The van der Waals surface area contributed by atoms with Gasteiger partial charge in [0.1, 0.15) is 11.6 Å². The Morgan fingerprint density at radius 3 is 2.38 bits per heavy atom. The summed E-state index contributed by atoms with van der Waals surface area (Å²) in [7, 11) is 3.43. The molecule has 0 saturated heterocycles. The van der Waals surface area contributed by atoms with Crippen LogP contribution in [-0.4, -0.2) is 61.9 Å². The Morgan fingerprint density at radius 2 is 1.81 bits per heavy atom. The van der Waals surface area contributed by atoms with E-state index >= 15 is 0 Å². The first-order valence-electron chi connectivity index (χ1n) is 7.48. The van der Waals surface area contributed by atoms with Crippen molar-refractivity contribution in [2.24, 2.45) is 0 Å². The van der Waals surface area contributed by atoms with Crippen LogP contribution in [0.15, 0.2) is 6.07 Å². The van der Waals surface area contributed by atoms with Crippen LogP contribution in [0.5, 0.6) is 0 Å². The van der Waals surface area contributed by atoms with Gasteiger partial charge < -0.3 is 14.8 Å². The third-order valence-electron chi connectivity index (χ3n) is 3.04. The van der Waals surface area contributed by atoms with Crippen LogP contribution in [0, 0.1) is 6.92 Å². The second kappa shape index (κ2) is 10.5. The van der Waals surface area contributed by atoms with Crippen molar-refractivity contribution >= 4 is 5.82 Å². The largest absolute Gasteiger partial charge is 0.383 e. The fourth-order valence-corrected chi connectivity index (χ4v) is 1.96. The van der Waals surface area contributed by atoms with Gasteiger partial charge in [0.05, 0.1) is 19.8 Å². The lowest BCUT2D eigenvalue weighted by Gasteiger charge is -2.21. The molecule has 1 N–H and O–H groups in total. The molecule has 0 amide bonds. The van der Waals surface area contributed by atoms with E-state index in [1.165, 1.54) is 0 Å². The normalized spacial score (nSPS) is 11.1. The van der Waals surface area contributed by atoms with Gasteiger partial charge in [-0.1, -0.05) is 6.92 Å². The van der Waals surface area contributed by atoms with Crippen molar-refractivity contribution in [2.75, 3.05) is 52.4 Å². The fourth-order valence-electron chi connectivity index (χ4n) is 1.96. The summed E-state index contributed by atoms with van der Waals surface area (Å²) in [5.74, 6) is 1.73. The summed E-state index contributed by atoms with van der Waals surface area (Å²) in [5.41, 5.74) is 0.983. The van der Waals surface area contributed by atoms with Gasteiger partial charge in [-0.15, -0.1) is 0 Å². The van der Waals surface area contributed by atoms with Crippen LogP contribution in [0.2, 0.25) is 0 Å². The molecule has 0 bridgehead atoms. The molecule has 0 spiro atoms. The van der Waals surface area contributed by atoms with E-state index in [4.69, 9.17) is 9.47 Å². The Balaban J connectivity index is 2.69. The van der Waals surface area contributed by atoms with Gasteiger partial charge in [-0.05, 0) is 13.3 Å². The van der Waals surface area contributed by atoms with E-state index in [0.717, 1.165) is 43.4 Å². The summed E-state index contributed by atoms with van der Waals surface area (Å²) in [6.45, 7) is 8.83. The summed E-state index contributed by atoms with van der Waals surface area (Å²) in [6, 6.07) is 1.98. The van der Waals surface area contributed by atoms with Gasteiger partial charge in [0.15, 0.2) is 0 Å². The fraction of sp³-hybridized carbons (Fsp3) is 0.733. The highest BCUT2D eigenvalue weighted by Crippen LogP contribution is 2.08. The van der Waals surface area contributed by atoms with E-state index in [0.29, 0.717) is 19.8 Å². The summed E-state index contributed by atoms with van der Waals surface area (Å²) < 4.78 is 10.3. The van der Waals surface area contributed by atoms with Gasteiger partial charge in [-0.2, -0.15) is 0 Å². The van der Waals surface area contributed by atoms with Crippen molar-refractivity contribution in [3.8, 4) is 0 Å². The lowest BCUT2D eigenvalue weighted by Crippen LogP contribution is -2.31. The van der Waals surface area contributed by atoms with Gasteiger partial charge in [-0.3, -0.25) is 4.90 Å². The van der Waals surface area contributed by atoms with Crippen molar-refractivity contribution in [1.82, 2.24) is 14.9 Å². The smallest absolute Gasteiger partial charge is 0.144 e. The van der Waals surface area contributed by atoms with E-state index in [-0.39, 0.29) is 0 Å². The molecule has 0 unspecified atom stereocenters. The number of nitrogens with zero attached hydrogens (tertiary/aromatic N) is 3. The third kappa shape index (κ3) is 7.36. The molecule has 120 valence electrons. The molecule has 6 nitrogen and oxygen atoms in total. The number of hydrogen-bond acceptors (Lipinski definition) is 6. The summed E-state index contributed by atoms with van der Waals surface area (Å²) in [5, 5.41) is 3.32. The molecule has 0 fully saturated rings. The Hall–Kier alpha value is -1.24. The summed E-state index contributed by atoms with van der Waals surface area (Å²) in [4.78, 5) is 11.3. The Labute approximate surface area is 127 Å². The van der Waals surface area contributed by atoms with Crippen molar-refractivity contribution in [2.45, 2.75) is 26.8 Å². The average Bonchev–Trinajstić information content (AvgIpc) is 2.47. The molecule has 1 aromatic rings. The molecular weight excluding hydrogens is 268 g/mol. The molecule has 1 rings (SSSR count). The summed E-state index contributed by atoms with van der Waals surface area (Å²) >= 11 is 0. The number of aromatic nitrogens is 2. The first-order chi connectivity index (χ1) is 10.2. The van der Waals surface area contributed by atoms with Crippen LogP contribution >= 0.6 is 0 Å². The van der Waals surface area contributed by atoms with Crippen molar-refractivity contribution in [1.29, 1.82) is 0 Å². The monoisotopic (exact) mass is 296 g/mol. The standard InChI is InChI=1S/C15H28N4O2/c1-5-6-16-14-11-13(2)17-15(18-14)12-19(7-9-20-3)8-10-21-4/h11H,5-10,12H2,1-4H3,(H,16,17,18). The SMILES string of the molecule is CCCNc1cc(C)nc(CN(CCOC)CCOC)n1. The molecule has 21 heavy (non-hydrogen) atoms. The van der Waals surface area contributed by atoms with Crippen LogP contribution < -0.4 is 5.32 Å². The molecule has 0 saturated carbocycles. The van der Waals surface area contributed by atoms with Crippen LogP contribution in [0.25, 0.3) is 0 Å². The molecule has 0 atom stereocenters. The highest BCUT2D eigenvalue weighted by molar-refractivity contribution is 5.35. The minimum absolute atomic E-state index is 0.691.